The minimum absolute atomic E-state index is 0.0531. The third kappa shape index (κ3) is 4.38. The van der Waals surface area contributed by atoms with Crippen molar-refractivity contribution < 1.29 is 18.0 Å². The predicted molar refractivity (Wildman–Crippen MR) is 93.6 cm³/mol. The van der Waals surface area contributed by atoms with Crippen LogP contribution in [0.25, 0.3) is 0 Å². The Bertz CT molecular complexity index is 740. The molecule has 2 aliphatic rings. The summed E-state index contributed by atoms with van der Waals surface area (Å²) in [7, 11) is -3.76. The van der Waals surface area contributed by atoms with Gasteiger partial charge in [0.15, 0.2) is 0 Å². The van der Waals surface area contributed by atoms with Gasteiger partial charge in [-0.15, -0.1) is 0 Å². The monoisotopic (exact) mass is 365 g/mol. The maximum atomic E-state index is 12.3. The molecular weight excluding hydrogens is 342 g/mol. The highest BCUT2D eigenvalue weighted by atomic mass is 32.2. The molecule has 0 atom stereocenters. The van der Waals surface area contributed by atoms with Crippen LogP contribution in [0.4, 0.5) is 5.69 Å². The lowest BCUT2D eigenvalue weighted by molar-refractivity contribution is -0.120. The fourth-order valence-corrected chi connectivity index (χ4v) is 4.30. The summed E-state index contributed by atoms with van der Waals surface area (Å²) in [4.78, 5) is 25.3. The average molecular weight is 365 g/mol. The number of anilines is 1. The van der Waals surface area contributed by atoms with Gasteiger partial charge in [-0.05, 0) is 43.5 Å². The van der Waals surface area contributed by atoms with Crippen LogP contribution in [-0.2, 0) is 19.6 Å². The van der Waals surface area contributed by atoms with Gasteiger partial charge in [-0.1, -0.05) is 12.8 Å². The second-order valence-corrected chi connectivity index (χ2v) is 8.28. The van der Waals surface area contributed by atoms with E-state index in [1.165, 1.54) is 12.1 Å². The molecule has 0 spiro atoms. The SMILES string of the molecule is O=C(CNS(=O)(=O)c1ccc(N2CCCC2=O)cc1)NC1CCCC1. The summed E-state index contributed by atoms with van der Waals surface area (Å²) in [6.07, 6.45) is 5.45. The molecule has 1 saturated heterocycles. The number of hydrogen-bond donors (Lipinski definition) is 2. The van der Waals surface area contributed by atoms with E-state index in [1.807, 2.05) is 0 Å². The molecule has 0 aromatic heterocycles. The Hall–Kier alpha value is -1.93. The van der Waals surface area contributed by atoms with Crippen molar-refractivity contribution in [3.05, 3.63) is 24.3 Å². The lowest BCUT2D eigenvalue weighted by Gasteiger charge is -2.16. The van der Waals surface area contributed by atoms with Crippen molar-refractivity contribution in [2.24, 2.45) is 0 Å². The Morgan fingerprint density at radius 2 is 1.80 bits per heavy atom. The van der Waals surface area contributed by atoms with Crippen LogP contribution in [0.3, 0.4) is 0 Å². The number of nitrogens with zero attached hydrogens (tertiary/aromatic N) is 1. The smallest absolute Gasteiger partial charge is 0.241 e. The van der Waals surface area contributed by atoms with Crippen molar-refractivity contribution in [1.82, 2.24) is 10.0 Å². The molecular formula is C17H23N3O4S. The van der Waals surface area contributed by atoms with Gasteiger partial charge in [-0.3, -0.25) is 9.59 Å². The number of amides is 2. The Morgan fingerprint density at radius 1 is 1.12 bits per heavy atom. The van der Waals surface area contributed by atoms with Crippen molar-refractivity contribution in [3.8, 4) is 0 Å². The molecule has 8 heteroatoms. The molecule has 0 unspecified atom stereocenters. The van der Waals surface area contributed by atoms with Gasteiger partial charge in [0.1, 0.15) is 0 Å². The largest absolute Gasteiger partial charge is 0.352 e. The van der Waals surface area contributed by atoms with Gasteiger partial charge < -0.3 is 10.2 Å². The van der Waals surface area contributed by atoms with Gasteiger partial charge in [0.05, 0.1) is 11.4 Å². The van der Waals surface area contributed by atoms with Gasteiger partial charge in [0, 0.05) is 24.7 Å². The number of benzene rings is 1. The molecule has 1 aliphatic heterocycles. The van der Waals surface area contributed by atoms with E-state index in [0.29, 0.717) is 18.7 Å². The van der Waals surface area contributed by atoms with E-state index in [4.69, 9.17) is 0 Å². The summed E-state index contributed by atoms with van der Waals surface area (Å²) < 4.78 is 26.9. The first-order valence-corrected chi connectivity index (χ1v) is 10.1. The second kappa shape index (κ2) is 7.53. The minimum atomic E-state index is -3.76. The summed E-state index contributed by atoms with van der Waals surface area (Å²) >= 11 is 0. The molecule has 1 aromatic rings. The number of carbonyl (C=O) groups excluding carboxylic acids is 2. The molecule has 2 amide bonds. The highest BCUT2D eigenvalue weighted by molar-refractivity contribution is 7.89. The molecule has 25 heavy (non-hydrogen) atoms. The Morgan fingerprint density at radius 3 is 2.40 bits per heavy atom. The topological polar surface area (TPSA) is 95.6 Å². The molecule has 2 fully saturated rings. The van der Waals surface area contributed by atoms with Gasteiger partial charge >= 0.3 is 0 Å². The zero-order valence-electron chi connectivity index (χ0n) is 14.0. The molecule has 0 bridgehead atoms. The van der Waals surface area contributed by atoms with Crippen LogP contribution in [0, 0.1) is 0 Å². The molecule has 0 radical (unpaired) electrons. The Labute approximate surface area is 147 Å². The van der Waals surface area contributed by atoms with Crippen LogP contribution in [0.2, 0.25) is 0 Å². The maximum absolute atomic E-state index is 12.3. The van der Waals surface area contributed by atoms with Crippen molar-refractivity contribution in [2.75, 3.05) is 18.0 Å². The van der Waals surface area contributed by atoms with Crippen LogP contribution >= 0.6 is 0 Å². The van der Waals surface area contributed by atoms with Crippen LogP contribution in [0.15, 0.2) is 29.2 Å². The first-order valence-electron chi connectivity index (χ1n) is 8.65. The fraction of sp³-hybridized carbons (Fsp3) is 0.529. The highest BCUT2D eigenvalue weighted by Gasteiger charge is 2.23. The average Bonchev–Trinajstić information content (AvgIpc) is 3.25. The molecule has 1 aromatic carbocycles. The van der Waals surface area contributed by atoms with Crippen molar-refractivity contribution in [3.63, 3.8) is 0 Å². The third-order valence-corrected chi connectivity index (χ3v) is 6.09. The third-order valence-electron chi connectivity index (χ3n) is 4.68. The molecule has 3 rings (SSSR count). The predicted octanol–water partition coefficient (Wildman–Crippen LogP) is 1.15. The summed E-state index contributed by atoms with van der Waals surface area (Å²) in [5.41, 5.74) is 0.695. The van der Waals surface area contributed by atoms with Gasteiger partial charge in [0.25, 0.3) is 0 Å². The molecule has 1 saturated carbocycles. The van der Waals surface area contributed by atoms with E-state index in [2.05, 4.69) is 10.0 Å². The number of carbonyl (C=O) groups is 2. The van der Waals surface area contributed by atoms with Gasteiger partial charge in [-0.2, -0.15) is 0 Å². The molecule has 1 heterocycles. The second-order valence-electron chi connectivity index (χ2n) is 6.52. The van der Waals surface area contributed by atoms with Gasteiger partial charge in [0.2, 0.25) is 21.8 Å². The lowest BCUT2D eigenvalue weighted by atomic mass is 10.2. The van der Waals surface area contributed by atoms with E-state index < -0.39 is 10.0 Å². The van der Waals surface area contributed by atoms with E-state index in [0.717, 1.165) is 32.1 Å². The highest BCUT2D eigenvalue weighted by Crippen LogP contribution is 2.23. The van der Waals surface area contributed by atoms with E-state index in [1.54, 1.807) is 17.0 Å². The zero-order chi connectivity index (χ0) is 17.9. The number of hydrogen-bond acceptors (Lipinski definition) is 4. The van der Waals surface area contributed by atoms with Crippen LogP contribution < -0.4 is 14.9 Å². The van der Waals surface area contributed by atoms with Crippen molar-refractivity contribution in [1.29, 1.82) is 0 Å². The normalized spacial score (nSPS) is 18.7. The van der Waals surface area contributed by atoms with Crippen LogP contribution in [-0.4, -0.2) is 39.4 Å². The van der Waals surface area contributed by atoms with Crippen LogP contribution in [0.5, 0.6) is 0 Å². The Kier molecular flexibility index (Phi) is 5.39. The number of nitrogens with one attached hydrogen (secondary N) is 2. The van der Waals surface area contributed by atoms with Gasteiger partial charge in [-0.25, -0.2) is 13.1 Å². The quantitative estimate of drug-likeness (QED) is 0.790. The molecule has 2 N–H and O–H groups in total. The van der Waals surface area contributed by atoms with E-state index in [-0.39, 0.29) is 29.3 Å². The molecule has 7 nitrogen and oxygen atoms in total. The minimum Gasteiger partial charge on any atom is -0.352 e. The Balaban J connectivity index is 1.57. The van der Waals surface area contributed by atoms with E-state index >= 15 is 0 Å². The van der Waals surface area contributed by atoms with E-state index in [9.17, 15) is 18.0 Å². The summed E-state index contributed by atoms with van der Waals surface area (Å²) in [5, 5.41) is 2.84. The summed E-state index contributed by atoms with van der Waals surface area (Å²) in [6.45, 7) is 0.385. The van der Waals surface area contributed by atoms with Crippen molar-refractivity contribution in [2.45, 2.75) is 49.5 Å². The fourth-order valence-electron chi connectivity index (χ4n) is 3.32. The standard InChI is InChI=1S/C17H23N3O4S/c21-16(19-13-4-1-2-5-13)12-18-25(23,24)15-9-7-14(8-10-15)20-11-3-6-17(20)22/h7-10,13,18H,1-6,11-12H2,(H,19,21). The first kappa shape index (κ1) is 17.9. The lowest BCUT2D eigenvalue weighted by Crippen LogP contribution is -2.40. The molecule has 136 valence electrons. The maximum Gasteiger partial charge on any atom is 0.241 e. The number of rotatable bonds is 6. The first-order chi connectivity index (χ1) is 12.0. The summed E-state index contributed by atoms with van der Waals surface area (Å²) in [5.74, 6) is -0.257. The van der Waals surface area contributed by atoms with Crippen molar-refractivity contribution >= 4 is 27.5 Å². The molecule has 1 aliphatic carbocycles. The summed E-state index contributed by atoms with van der Waals surface area (Å²) in [6, 6.07) is 6.32. The van der Waals surface area contributed by atoms with Crippen LogP contribution in [0.1, 0.15) is 38.5 Å². The zero-order valence-corrected chi connectivity index (χ0v) is 14.8. The number of sulfonamides is 1.